The SMILES string of the molecule is Fc1cc2c(cc1Br)[nH]c(=S)n2CCc1ccc(Cl)s1. The number of thiophene rings is 1. The summed E-state index contributed by atoms with van der Waals surface area (Å²) in [7, 11) is 0. The molecule has 0 aliphatic heterocycles. The van der Waals surface area contributed by atoms with Crippen LogP contribution in [0.25, 0.3) is 11.0 Å². The average molecular weight is 392 g/mol. The Kier molecular flexibility index (Phi) is 3.99. The minimum atomic E-state index is -0.292. The summed E-state index contributed by atoms with van der Waals surface area (Å²) in [6.45, 7) is 0.691. The van der Waals surface area contributed by atoms with Crippen LogP contribution in [0.2, 0.25) is 4.34 Å². The lowest BCUT2D eigenvalue weighted by molar-refractivity contribution is 0.621. The molecule has 0 bridgehead atoms. The predicted molar refractivity (Wildman–Crippen MR) is 87.8 cm³/mol. The molecular formula is C13H9BrClFN2S2. The number of hydrogen-bond acceptors (Lipinski definition) is 2. The van der Waals surface area contributed by atoms with Gasteiger partial charge < -0.3 is 9.55 Å². The third-order valence-electron chi connectivity index (χ3n) is 3.03. The third-order valence-corrected chi connectivity index (χ3v) is 5.25. The number of aryl methyl sites for hydroxylation is 2. The molecule has 0 spiro atoms. The van der Waals surface area contributed by atoms with Crippen molar-refractivity contribution in [1.29, 1.82) is 0 Å². The molecule has 0 saturated heterocycles. The van der Waals surface area contributed by atoms with E-state index >= 15 is 0 Å². The Hall–Kier alpha value is -0.690. The van der Waals surface area contributed by atoms with Crippen molar-refractivity contribution in [1.82, 2.24) is 9.55 Å². The lowest BCUT2D eigenvalue weighted by Crippen LogP contribution is -2.00. The highest BCUT2D eigenvalue weighted by atomic mass is 79.9. The molecule has 2 aromatic heterocycles. The molecule has 3 aromatic rings. The molecule has 1 N–H and O–H groups in total. The summed E-state index contributed by atoms with van der Waals surface area (Å²) in [4.78, 5) is 4.28. The number of nitrogens with zero attached hydrogens (tertiary/aromatic N) is 1. The second kappa shape index (κ2) is 5.60. The zero-order valence-corrected chi connectivity index (χ0v) is 14.1. The number of imidazole rings is 1. The Morgan fingerprint density at radius 3 is 2.90 bits per heavy atom. The van der Waals surface area contributed by atoms with Crippen LogP contribution in [0.5, 0.6) is 0 Å². The number of aromatic amines is 1. The summed E-state index contributed by atoms with van der Waals surface area (Å²) in [6.07, 6.45) is 0.816. The Balaban J connectivity index is 1.96. The Morgan fingerprint density at radius 1 is 1.40 bits per heavy atom. The third kappa shape index (κ3) is 2.70. The highest BCUT2D eigenvalue weighted by molar-refractivity contribution is 9.10. The van der Waals surface area contributed by atoms with E-state index in [4.69, 9.17) is 23.8 Å². The van der Waals surface area contributed by atoms with E-state index in [1.165, 1.54) is 10.9 Å². The molecule has 0 amide bonds. The molecule has 2 nitrogen and oxygen atoms in total. The lowest BCUT2D eigenvalue weighted by atomic mass is 10.3. The lowest BCUT2D eigenvalue weighted by Gasteiger charge is -2.04. The number of aromatic nitrogens is 2. The van der Waals surface area contributed by atoms with Crippen LogP contribution in [0, 0.1) is 10.6 Å². The summed E-state index contributed by atoms with van der Waals surface area (Å²) >= 11 is 16.0. The van der Waals surface area contributed by atoms with Crippen LogP contribution in [0.15, 0.2) is 28.7 Å². The first-order chi connectivity index (χ1) is 9.54. The summed E-state index contributed by atoms with van der Waals surface area (Å²) in [5.41, 5.74) is 1.60. The monoisotopic (exact) mass is 390 g/mol. The topological polar surface area (TPSA) is 20.7 Å². The maximum atomic E-state index is 13.7. The van der Waals surface area contributed by atoms with E-state index in [2.05, 4.69) is 20.9 Å². The molecule has 0 fully saturated rings. The zero-order chi connectivity index (χ0) is 14.3. The molecule has 0 saturated carbocycles. The van der Waals surface area contributed by atoms with Gasteiger partial charge in [-0.1, -0.05) is 11.6 Å². The van der Waals surface area contributed by atoms with Crippen molar-refractivity contribution in [2.24, 2.45) is 0 Å². The van der Waals surface area contributed by atoms with Crippen molar-refractivity contribution in [3.63, 3.8) is 0 Å². The number of benzene rings is 1. The molecule has 0 unspecified atom stereocenters. The summed E-state index contributed by atoms with van der Waals surface area (Å²) in [5.74, 6) is -0.292. The molecule has 7 heteroatoms. The molecule has 3 rings (SSSR count). The van der Waals surface area contributed by atoms with Gasteiger partial charge in [0.1, 0.15) is 5.82 Å². The van der Waals surface area contributed by atoms with Gasteiger partial charge in [0.25, 0.3) is 0 Å². The van der Waals surface area contributed by atoms with Crippen LogP contribution in [0.3, 0.4) is 0 Å². The molecule has 20 heavy (non-hydrogen) atoms. The average Bonchev–Trinajstić information content (AvgIpc) is 2.92. The van der Waals surface area contributed by atoms with Crippen molar-refractivity contribution in [2.45, 2.75) is 13.0 Å². The predicted octanol–water partition coefficient (Wildman–Crippen LogP) is 5.56. The molecule has 0 aliphatic rings. The highest BCUT2D eigenvalue weighted by Gasteiger charge is 2.09. The van der Waals surface area contributed by atoms with Gasteiger partial charge in [0, 0.05) is 17.5 Å². The first-order valence-corrected chi connectivity index (χ1v) is 8.26. The van der Waals surface area contributed by atoms with Crippen LogP contribution >= 0.6 is 51.1 Å². The summed E-state index contributed by atoms with van der Waals surface area (Å²) in [5, 5.41) is 0. The quantitative estimate of drug-likeness (QED) is 0.580. The second-order valence-corrected chi connectivity index (χ2v) is 7.36. The van der Waals surface area contributed by atoms with Crippen LogP contribution in [0.4, 0.5) is 4.39 Å². The van der Waals surface area contributed by atoms with Crippen molar-refractivity contribution >= 4 is 62.1 Å². The van der Waals surface area contributed by atoms with Crippen LogP contribution < -0.4 is 0 Å². The van der Waals surface area contributed by atoms with Gasteiger partial charge in [-0.3, -0.25) is 0 Å². The van der Waals surface area contributed by atoms with Gasteiger partial charge in [-0.05, 0) is 52.8 Å². The molecule has 104 valence electrons. The molecule has 0 radical (unpaired) electrons. The van der Waals surface area contributed by atoms with E-state index in [9.17, 15) is 4.39 Å². The fraction of sp³-hybridized carbons (Fsp3) is 0.154. The number of rotatable bonds is 3. The number of H-pyrrole nitrogens is 1. The number of fused-ring (bicyclic) bond motifs is 1. The highest BCUT2D eigenvalue weighted by Crippen LogP contribution is 2.25. The van der Waals surface area contributed by atoms with Crippen LogP contribution in [0.1, 0.15) is 4.88 Å². The largest absolute Gasteiger partial charge is 0.331 e. The molecule has 0 aliphatic carbocycles. The second-order valence-electron chi connectivity index (χ2n) is 4.32. The molecular weight excluding hydrogens is 383 g/mol. The van der Waals surface area contributed by atoms with E-state index in [1.807, 2.05) is 16.7 Å². The van der Waals surface area contributed by atoms with Gasteiger partial charge in [0.2, 0.25) is 0 Å². The van der Waals surface area contributed by atoms with Crippen molar-refractivity contribution in [2.75, 3.05) is 0 Å². The zero-order valence-electron chi connectivity index (χ0n) is 10.1. The van der Waals surface area contributed by atoms with E-state index in [1.54, 1.807) is 17.4 Å². The van der Waals surface area contributed by atoms with E-state index in [0.29, 0.717) is 15.8 Å². The first kappa shape index (κ1) is 14.3. The van der Waals surface area contributed by atoms with Crippen LogP contribution in [-0.2, 0) is 13.0 Å². The van der Waals surface area contributed by atoms with Gasteiger partial charge >= 0.3 is 0 Å². The first-order valence-electron chi connectivity index (χ1n) is 5.86. The molecule has 0 atom stereocenters. The number of hydrogen-bond donors (Lipinski definition) is 1. The molecule has 2 heterocycles. The number of halogens is 3. The Morgan fingerprint density at radius 2 is 2.20 bits per heavy atom. The van der Waals surface area contributed by atoms with E-state index in [0.717, 1.165) is 21.8 Å². The molecule has 1 aromatic carbocycles. The maximum absolute atomic E-state index is 13.7. The fourth-order valence-corrected chi connectivity index (χ4v) is 3.80. The van der Waals surface area contributed by atoms with Crippen molar-refractivity contribution in [3.8, 4) is 0 Å². The normalized spacial score (nSPS) is 11.3. The fourth-order valence-electron chi connectivity index (χ4n) is 2.08. The van der Waals surface area contributed by atoms with E-state index in [-0.39, 0.29) is 5.82 Å². The smallest absolute Gasteiger partial charge is 0.178 e. The minimum absolute atomic E-state index is 0.292. The van der Waals surface area contributed by atoms with Gasteiger partial charge in [0.15, 0.2) is 4.77 Å². The maximum Gasteiger partial charge on any atom is 0.178 e. The summed E-state index contributed by atoms with van der Waals surface area (Å²) in [6, 6.07) is 7.08. The van der Waals surface area contributed by atoms with Gasteiger partial charge in [0.05, 0.1) is 19.8 Å². The summed E-state index contributed by atoms with van der Waals surface area (Å²) < 4.78 is 17.4. The number of nitrogens with one attached hydrogen (secondary N) is 1. The van der Waals surface area contributed by atoms with Gasteiger partial charge in [-0.15, -0.1) is 11.3 Å². The minimum Gasteiger partial charge on any atom is -0.331 e. The Bertz CT molecular complexity index is 837. The van der Waals surface area contributed by atoms with Gasteiger partial charge in [-0.2, -0.15) is 0 Å². The van der Waals surface area contributed by atoms with Crippen molar-refractivity contribution in [3.05, 3.63) is 48.5 Å². The Labute approximate surface area is 137 Å². The standard InChI is InChI=1S/C13H9BrClFN2S2/c14-8-5-10-11(6-9(8)16)18(13(19)17-10)4-3-7-1-2-12(15)20-7/h1-2,5-6H,3-4H2,(H,17,19). The van der Waals surface area contributed by atoms with E-state index < -0.39 is 0 Å². The van der Waals surface area contributed by atoms with Crippen molar-refractivity contribution < 1.29 is 4.39 Å². The van der Waals surface area contributed by atoms with Gasteiger partial charge in [-0.25, -0.2) is 4.39 Å². The van der Waals surface area contributed by atoms with Crippen LogP contribution in [-0.4, -0.2) is 9.55 Å².